The number of likely N-dealkylation sites (tertiary alicyclic amines) is 1. The molecule has 4 N–H and O–H groups in total. The number of nitrogens with one attached hydrogen (secondary N) is 1. The third-order valence-corrected chi connectivity index (χ3v) is 5.62. The van der Waals surface area contributed by atoms with Gasteiger partial charge in [-0.05, 0) is 47.4 Å². The van der Waals surface area contributed by atoms with Crippen molar-refractivity contribution in [3.8, 4) is 0 Å². The molecular weight excluding hydrogens is 396 g/mol. The first-order valence-electron chi connectivity index (χ1n) is 9.91. The second-order valence-electron chi connectivity index (χ2n) is 7.63. The summed E-state index contributed by atoms with van der Waals surface area (Å²) in [5.41, 5.74) is 7.24. The standard InChI is InChI=1S/C23H22N4O4/c1-13(16-8-4-6-15-5-2-3-7-17(15)16)26-23(31)27-20(22(29)30)18(21(27)28)11-14-9-10-25-19(24)12-14/h2-10,12-13,18,20H,11H2,1H3,(H2,24,25)(H,26,31)(H,29,30)/t13-,18-,20+/m1/s1. The van der Waals surface area contributed by atoms with Gasteiger partial charge in [-0.1, -0.05) is 42.5 Å². The number of rotatable bonds is 5. The molecule has 1 aliphatic rings. The van der Waals surface area contributed by atoms with Crippen molar-refractivity contribution in [1.29, 1.82) is 0 Å². The van der Waals surface area contributed by atoms with E-state index in [0.29, 0.717) is 5.56 Å². The molecule has 0 spiro atoms. The van der Waals surface area contributed by atoms with Crippen LogP contribution in [0.4, 0.5) is 10.6 Å². The van der Waals surface area contributed by atoms with Crippen LogP contribution in [0.5, 0.6) is 0 Å². The van der Waals surface area contributed by atoms with Crippen molar-refractivity contribution in [2.45, 2.75) is 25.4 Å². The van der Waals surface area contributed by atoms with Crippen LogP contribution >= 0.6 is 0 Å². The number of β-lactam (4-membered cyclic amide) rings is 1. The van der Waals surface area contributed by atoms with E-state index in [1.54, 1.807) is 19.1 Å². The van der Waals surface area contributed by atoms with Gasteiger partial charge in [-0.25, -0.2) is 19.5 Å². The maximum atomic E-state index is 12.8. The van der Waals surface area contributed by atoms with E-state index < -0.39 is 35.9 Å². The molecular formula is C23H22N4O4. The molecule has 31 heavy (non-hydrogen) atoms. The number of fused-ring (bicyclic) bond motifs is 1. The van der Waals surface area contributed by atoms with Gasteiger partial charge in [-0.3, -0.25) is 4.79 Å². The van der Waals surface area contributed by atoms with Crippen LogP contribution in [0, 0.1) is 5.92 Å². The second-order valence-corrected chi connectivity index (χ2v) is 7.63. The van der Waals surface area contributed by atoms with Crippen LogP contribution in [-0.4, -0.2) is 38.9 Å². The SMILES string of the molecule is C[C@@H](NC(=O)N1C(=O)[C@H](Cc2ccnc(N)c2)[C@H]1C(=O)O)c1cccc2ccccc12. The average Bonchev–Trinajstić information content (AvgIpc) is 2.74. The Bertz CT molecular complexity index is 1170. The lowest BCUT2D eigenvalue weighted by molar-refractivity contribution is -0.165. The Kier molecular flexibility index (Phi) is 5.29. The third kappa shape index (κ3) is 3.79. The fourth-order valence-corrected chi connectivity index (χ4v) is 4.09. The van der Waals surface area contributed by atoms with E-state index in [1.807, 2.05) is 42.5 Å². The molecule has 3 amide bonds. The fourth-order valence-electron chi connectivity index (χ4n) is 4.09. The van der Waals surface area contributed by atoms with Crippen molar-refractivity contribution in [2.24, 2.45) is 5.92 Å². The quantitative estimate of drug-likeness (QED) is 0.547. The van der Waals surface area contributed by atoms with Crippen molar-refractivity contribution in [1.82, 2.24) is 15.2 Å². The van der Waals surface area contributed by atoms with Gasteiger partial charge < -0.3 is 16.2 Å². The van der Waals surface area contributed by atoms with Gasteiger partial charge in [0.1, 0.15) is 5.82 Å². The lowest BCUT2D eigenvalue weighted by atomic mass is 9.82. The Balaban J connectivity index is 1.51. The highest BCUT2D eigenvalue weighted by Crippen LogP contribution is 2.32. The van der Waals surface area contributed by atoms with Gasteiger partial charge >= 0.3 is 12.0 Å². The van der Waals surface area contributed by atoms with Crippen LogP contribution in [-0.2, 0) is 16.0 Å². The lowest BCUT2D eigenvalue weighted by Gasteiger charge is -2.43. The number of carboxylic acid groups (broad SMARTS) is 1. The summed E-state index contributed by atoms with van der Waals surface area (Å²) in [6.07, 6.45) is 1.67. The minimum absolute atomic E-state index is 0.172. The van der Waals surface area contributed by atoms with Crippen molar-refractivity contribution >= 4 is 34.5 Å². The molecule has 3 atom stereocenters. The van der Waals surface area contributed by atoms with E-state index in [9.17, 15) is 19.5 Å². The monoisotopic (exact) mass is 418 g/mol. The number of aliphatic carboxylic acids is 1. The van der Waals surface area contributed by atoms with Crippen LogP contribution in [0.3, 0.4) is 0 Å². The Morgan fingerprint density at radius 2 is 1.94 bits per heavy atom. The molecule has 4 rings (SSSR count). The number of nitrogens with zero attached hydrogens (tertiary/aromatic N) is 2. The molecule has 2 heterocycles. The summed E-state index contributed by atoms with van der Waals surface area (Å²) in [4.78, 5) is 42.0. The Hall–Kier alpha value is -3.94. The molecule has 8 heteroatoms. The molecule has 8 nitrogen and oxygen atoms in total. The predicted molar refractivity (Wildman–Crippen MR) is 115 cm³/mol. The number of nitrogens with two attached hydrogens (primary N) is 1. The molecule has 0 aliphatic carbocycles. The van der Waals surface area contributed by atoms with Gasteiger partial charge in [0.05, 0.1) is 12.0 Å². The van der Waals surface area contributed by atoms with E-state index in [0.717, 1.165) is 21.2 Å². The highest BCUT2D eigenvalue weighted by Gasteiger charge is 2.54. The van der Waals surface area contributed by atoms with Crippen molar-refractivity contribution in [3.63, 3.8) is 0 Å². The van der Waals surface area contributed by atoms with Gasteiger partial charge in [0, 0.05) is 6.20 Å². The number of carbonyl (C=O) groups excluding carboxylic acids is 2. The number of imide groups is 1. The Morgan fingerprint density at radius 3 is 2.68 bits per heavy atom. The van der Waals surface area contributed by atoms with E-state index in [4.69, 9.17) is 5.73 Å². The van der Waals surface area contributed by atoms with E-state index in [1.165, 1.54) is 6.20 Å². The van der Waals surface area contributed by atoms with Crippen LogP contribution in [0.2, 0.25) is 0 Å². The average molecular weight is 418 g/mol. The van der Waals surface area contributed by atoms with E-state index in [2.05, 4.69) is 10.3 Å². The molecule has 0 unspecified atom stereocenters. The first-order valence-corrected chi connectivity index (χ1v) is 9.91. The number of amides is 3. The van der Waals surface area contributed by atoms with Crippen LogP contribution in [0.1, 0.15) is 24.1 Å². The van der Waals surface area contributed by atoms with Gasteiger partial charge in [0.2, 0.25) is 5.91 Å². The summed E-state index contributed by atoms with van der Waals surface area (Å²) < 4.78 is 0. The molecule has 0 bridgehead atoms. The van der Waals surface area contributed by atoms with E-state index >= 15 is 0 Å². The smallest absolute Gasteiger partial charge is 0.327 e. The largest absolute Gasteiger partial charge is 0.480 e. The molecule has 2 aromatic carbocycles. The number of hydrogen-bond acceptors (Lipinski definition) is 5. The number of pyridine rings is 1. The molecule has 1 saturated heterocycles. The van der Waals surface area contributed by atoms with Crippen molar-refractivity contribution < 1.29 is 19.5 Å². The number of nitrogen functional groups attached to an aromatic ring is 1. The van der Waals surface area contributed by atoms with Gasteiger partial charge in [-0.15, -0.1) is 0 Å². The summed E-state index contributed by atoms with van der Waals surface area (Å²) in [6.45, 7) is 1.80. The lowest BCUT2D eigenvalue weighted by Crippen LogP contribution is -2.68. The van der Waals surface area contributed by atoms with E-state index in [-0.39, 0.29) is 12.2 Å². The summed E-state index contributed by atoms with van der Waals surface area (Å²) in [5, 5.41) is 14.4. The van der Waals surface area contributed by atoms with Gasteiger partial charge in [-0.2, -0.15) is 0 Å². The first kappa shape index (κ1) is 20.3. The number of carboxylic acids is 1. The molecule has 158 valence electrons. The second kappa shape index (κ2) is 8.06. The number of carbonyl (C=O) groups is 3. The maximum absolute atomic E-state index is 12.8. The number of anilines is 1. The van der Waals surface area contributed by atoms with Crippen LogP contribution < -0.4 is 11.1 Å². The predicted octanol–water partition coefficient (Wildman–Crippen LogP) is 2.74. The number of hydrogen-bond donors (Lipinski definition) is 3. The molecule has 0 radical (unpaired) electrons. The zero-order chi connectivity index (χ0) is 22.1. The highest BCUT2D eigenvalue weighted by molar-refractivity contribution is 6.07. The molecule has 1 fully saturated rings. The number of aromatic nitrogens is 1. The molecule has 3 aromatic rings. The Labute approximate surface area is 178 Å². The number of benzene rings is 2. The third-order valence-electron chi connectivity index (χ3n) is 5.62. The zero-order valence-electron chi connectivity index (χ0n) is 16.9. The summed E-state index contributed by atoms with van der Waals surface area (Å²) in [5.74, 6) is -2.29. The zero-order valence-corrected chi connectivity index (χ0v) is 16.9. The minimum Gasteiger partial charge on any atom is -0.480 e. The first-order chi connectivity index (χ1) is 14.9. The van der Waals surface area contributed by atoms with Crippen molar-refractivity contribution in [2.75, 3.05) is 5.73 Å². The van der Waals surface area contributed by atoms with Crippen LogP contribution in [0.25, 0.3) is 10.8 Å². The van der Waals surface area contributed by atoms with Gasteiger partial charge in [0.15, 0.2) is 6.04 Å². The topological polar surface area (TPSA) is 126 Å². The maximum Gasteiger partial charge on any atom is 0.327 e. The summed E-state index contributed by atoms with van der Waals surface area (Å²) in [6, 6.07) is 14.4. The normalized spacial score (nSPS) is 19.0. The van der Waals surface area contributed by atoms with Gasteiger partial charge in [0.25, 0.3) is 0 Å². The molecule has 0 saturated carbocycles. The summed E-state index contributed by atoms with van der Waals surface area (Å²) >= 11 is 0. The Morgan fingerprint density at radius 1 is 1.19 bits per heavy atom. The molecule has 1 aromatic heterocycles. The number of urea groups is 1. The van der Waals surface area contributed by atoms with Crippen molar-refractivity contribution in [3.05, 3.63) is 71.9 Å². The summed E-state index contributed by atoms with van der Waals surface area (Å²) in [7, 11) is 0. The fraction of sp³-hybridized carbons (Fsp3) is 0.217. The minimum atomic E-state index is -1.23. The van der Waals surface area contributed by atoms with Crippen LogP contribution in [0.15, 0.2) is 60.8 Å². The molecule has 1 aliphatic heterocycles. The highest BCUT2D eigenvalue weighted by atomic mass is 16.4.